The van der Waals surface area contributed by atoms with Crippen LogP contribution >= 0.6 is 0 Å². The Labute approximate surface area is 123 Å². The third-order valence-electron chi connectivity index (χ3n) is 3.23. The fraction of sp³-hybridized carbons (Fsp3) is 0.400. The number of carbonyl (C=O) groups is 1. The van der Waals surface area contributed by atoms with Crippen LogP contribution in [0.5, 0.6) is 0 Å². The number of benzene rings is 1. The molecule has 0 amide bonds. The average molecular weight is 288 g/mol. The second-order valence-corrected chi connectivity index (χ2v) is 4.79. The lowest BCUT2D eigenvalue weighted by molar-refractivity contribution is 0.0695. The van der Waals surface area contributed by atoms with Gasteiger partial charge in [-0.3, -0.25) is 0 Å². The molecule has 0 atom stereocenters. The smallest absolute Gasteiger partial charge is 0.335 e. The van der Waals surface area contributed by atoms with Crippen molar-refractivity contribution in [2.75, 3.05) is 6.54 Å². The number of aromatic nitrogens is 3. The molecule has 6 nitrogen and oxygen atoms in total. The van der Waals surface area contributed by atoms with Crippen LogP contribution in [0.3, 0.4) is 0 Å². The van der Waals surface area contributed by atoms with E-state index in [-0.39, 0.29) is 0 Å². The number of rotatable bonds is 8. The molecule has 2 rings (SSSR count). The fourth-order valence-corrected chi connectivity index (χ4v) is 2.19. The highest BCUT2D eigenvalue weighted by Crippen LogP contribution is 2.09. The number of hydrogen-bond acceptors (Lipinski definition) is 4. The van der Waals surface area contributed by atoms with Crippen LogP contribution in [0.2, 0.25) is 0 Å². The standard InChI is InChI=1S/C15H20N4O2/c1-2-9-19-14(17-11-18-19)10-16-8-7-12-5-3-4-6-13(12)15(20)21/h3-6,11,16H,2,7-10H2,1H3,(H,20,21). The molecule has 0 spiro atoms. The van der Waals surface area contributed by atoms with Gasteiger partial charge >= 0.3 is 5.97 Å². The molecule has 0 bridgehead atoms. The summed E-state index contributed by atoms with van der Waals surface area (Å²) in [5.41, 5.74) is 1.21. The molecule has 0 unspecified atom stereocenters. The highest BCUT2D eigenvalue weighted by molar-refractivity contribution is 5.89. The number of nitrogens with one attached hydrogen (secondary N) is 1. The zero-order valence-electron chi connectivity index (χ0n) is 12.1. The zero-order chi connectivity index (χ0) is 15.1. The van der Waals surface area contributed by atoms with E-state index in [2.05, 4.69) is 22.3 Å². The molecular weight excluding hydrogens is 268 g/mol. The van der Waals surface area contributed by atoms with Crippen molar-refractivity contribution in [3.63, 3.8) is 0 Å². The van der Waals surface area contributed by atoms with Crippen molar-refractivity contribution < 1.29 is 9.90 Å². The summed E-state index contributed by atoms with van der Waals surface area (Å²) < 4.78 is 1.89. The van der Waals surface area contributed by atoms with Crippen LogP contribution in [0.25, 0.3) is 0 Å². The Hall–Kier alpha value is -2.21. The van der Waals surface area contributed by atoms with Gasteiger partial charge < -0.3 is 10.4 Å². The van der Waals surface area contributed by atoms with Crippen molar-refractivity contribution in [1.29, 1.82) is 0 Å². The Bertz CT molecular complexity index is 595. The lowest BCUT2D eigenvalue weighted by Crippen LogP contribution is -2.20. The van der Waals surface area contributed by atoms with Crippen LogP contribution in [0.15, 0.2) is 30.6 Å². The van der Waals surface area contributed by atoms with Gasteiger partial charge in [0, 0.05) is 6.54 Å². The minimum Gasteiger partial charge on any atom is -0.478 e. The molecule has 0 saturated heterocycles. The minimum absolute atomic E-state index is 0.369. The first-order valence-electron chi connectivity index (χ1n) is 7.11. The molecule has 112 valence electrons. The van der Waals surface area contributed by atoms with E-state index in [0.29, 0.717) is 25.1 Å². The normalized spacial score (nSPS) is 10.7. The molecule has 2 aromatic rings. The van der Waals surface area contributed by atoms with Crippen LogP contribution in [0.4, 0.5) is 0 Å². The molecule has 0 saturated carbocycles. The third-order valence-corrected chi connectivity index (χ3v) is 3.23. The van der Waals surface area contributed by atoms with Gasteiger partial charge in [-0.2, -0.15) is 5.10 Å². The molecule has 0 aliphatic carbocycles. The minimum atomic E-state index is -0.881. The highest BCUT2D eigenvalue weighted by atomic mass is 16.4. The maximum atomic E-state index is 11.1. The van der Waals surface area contributed by atoms with Crippen LogP contribution in [-0.4, -0.2) is 32.4 Å². The van der Waals surface area contributed by atoms with E-state index >= 15 is 0 Å². The topological polar surface area (TPSA) is 80.0 Å². The van der Waals surface area contributed by atoms with Crippen LogP contribution in [0, 0.1) is 0 Å². The van der Waals surface area contributed by atoms with Crippen LogP contribution in [-0.2, 0) is 19.5 Å². The number of aryl methyl sites for hydroxylation is 1. The van der Waals surface area contributed by atoms with Gasteiger partial charge in [-0.15, -0.1) is 0 Å². The molecular formula is C15H20N4O2. The maximum Gasteiger partial charge on any atom is 0.335 e. The molecule has 0 radical (unpaired) electrons. The third kappa shape index (κ3) is 4.13. The Morgan fingerprint density at radius 2 is 2.19 bits per heavy atom. The molecule has 21 heavy (non-hydrogen) atoms. The summed E-state index contributed by atoms with van der Waals surface area (Å²) in [5, 5.41) is 16.6. The Morgan fingerprint density at radius 3 is 2.95 bits per heavy atom. The number of aromatic carboxylic acids is 1. The lowest BCUT2D eigenvalue weighted by Gasteiger charge is -2.08. The van der Waals surface area contributed by atoms with E-state index < -0.39 is 5.97 Å². The van der Waals surface area contributed by atoms with Gasteiger partial charge in [0.15, 0.2) is 0 Å². The van der Waals surface area contributed by atoms with E-state index in [1.54, 1.807) is 18.5 Å². The van der Waals surface area contributed by atoms with E-state index in [1.165, 1.54) is 0 Å². The summed E-state index contributed by atoms with van der Waals surface area (Å²) in [4.78, 5) is 15.3. The molecule has 6 heteroatoms. The first kappa shape index (κ1) is 15.2. The number of carboxylic acids is 1. The SMILES string of the molecule is CCCn1ncnc1CNCCc1ccccc1C(=O)O. The summed E-state index contributed by atoms with van der Waals surface area (Å²) in [7, 11) is 0. The summed E-state index contributed by atoms with van der Waals surface area (Å²) in [6.45, 7) is 4.29. The van der Waals surface area contributed by atoms with Crippen molar-refractivity contribution in [1.82, 2.24) is 20.1 Å². The monoisotopic (exact) mass is 288 g/mol. The summed E-state index contributed by atoms with van der Waals surface area (Å²) in [6.07, 6.45) is 3.25. The maximum absolute atomic E-state index is 11.1. The number of carboxylic acid groups (broad SMARTS) is 1. The van der Waals surface area contributed by atoms with Gasteiger partial charge in [0.2, 0.25) is 0 Å². The van der Waals surface area contributed by atoms with E-state index in [1.807, 2.05) is 16.8 Å². The predicted octanol–water partition coefficient (Wildman–Crippen LogP) is 1.72. The molecule has 2 N–H and O–H groups in total. The number of hydrogen-bond donors (Lipinski definition) is 2. The largest absolute Gasteiger partial charge is 0.478 e. The van der Waals surface area contributed by atoms with Gasteiger partial charge in [0.25, 0.3) is 0 Å². The summed E-state index contributed by atoms with van der Waals surface area (Å²) in [5.74, 6) is 0.0247. The van der Waals surface area contributed by atoms with Crippen LogP contribution < -0.4 is 5.32 Å². The summed E-state index contributed by atoms with van der Waals surface area (Å²) >= 11 is 0. The molecule has 0 fully saturated rings. The van der Waals surface area contributed by atoms with Crippen molar-refractivity contribution >= 4 is 5.97 Å². The lowest BCUT2D eigenvalue weighted by atomic mass is 10.0. The molecule has 1 aromatic heterocycles. The van der Waals surface area contributed by atoms with Gasteiger partial charge in [-0.25, -0.2) is 14.5 Å². The van der Waals surface area contributed by atoms with Gasteiger partial charge in [-0.05, 0) is 31.0 Å². The van der Waals surface area contributed by atoms with Gasteiger partial charge in [0.05, 0.1) is 12.1 Å². The van der Waals surface area contributed by atoms with Crippen molar-refractivity contribution in [3.05, 3.63) is 47.5 Å². The second-order valence-electron chi connectivity index (χ2n) is 4.79. The van der Waals surface area contributed by atoms with E-state index in [4.69, 9.17) is 5.11 Å². The van der Waals surface area contributed by atoms with Gasteiger partial charge in [0.1, 0.15) is 12.2 Å². The Kier molecular flexibility index (Phi) is 5.45. The van der Waals surface area contributed by atoms with E-state index in [0.717, 1.165) is 24.4 Å². The van der Waals surface area contributed by atoms with Crippen molar-refractivity contribution in [2.45, 2.75) is 32.9 Å². The zero-order valence-corrected chi connectivity index (χ0v) is 12.1. The quantitative estimate of drug-likeness (QED) is 0.723. The van der Waals surface area contributed by atoms with Crippen molar-refractivity contribution in [2.24, 2.45) is 0 Å². The molecule has 1 aromatic carbocycles. The highest BCUT2D eigenvalue weighted by Gasteiger charge is 2.08. The Morgan fingerprint density at radius 1 is 1.38 bits per heavy atom. The number of nitrogens with zero attached hydrogens (tertiary/aromatic N) is 3. The molecule has 1 heterocycles. The predicted molar refractivity (Wildman–Crippen MR) is 79.1 cm³/mol. The van der Waals surface area contributed by atoms with Crippen molar-refractivity contribution in [3.8, 4) is 0 Å². The second kappa shape index (κ2) is 7.54. The van der Waals surface area contributed by atoms with Gasteiger partial charge in [-0.1, -0.05) is 25.1 Å². The molecule has 0 aliphatic heterocycles. The first-order valence-corrected chi connectivity index (χ1v) is 7.11. The first-order chi connectivity index (χ1) is 10.2. The Balaban J connectivity index is 1.85. The fourth-order valence-electron chi connectivity index (χ4n) is 2.19. The molecule has 0 aliphatic rings. The average Bonchev–Trinajstić information content (AvgIpc) is 2.92. The van der Waals surface area contributed by atoms with Crippen LogP contribution in [0.1, 0.15) is 35.1 Å². The van der Waals surface area contributed by atoms with E-state index in [9.17, 15) is 4.79 Å². The summed E-state index contributed by atoms with van der Waals surface area (Å²) in [6, 6.07) is 7.09.